The zero-order valence-corrected chi connectivity index (χ0v) is 13.6. The number of rotatable bonds is 4. The number of carbonyl (C=O) groups is 1. The Labute approximate surface area is 136 Å². The third-order valence-electron chi connectivity index (χ3n) is 3.44. The van der Waals surface area contributed by atoms with Gasteiger partial charge in [-0.05, 0) is 18.1 Å². The second-order valence-electron chi connectivity index (χ2n) is 5.40. The Bertz CT molecular complexity index is 723. The summed E-state index contributed by atoms with van der Waals surface area (Å²) in [5.41, 5.74) is -0.00729. The van der Waals surface area contributed by atoms with E-state index in [1.165, 1.54) is 31.1 Å². The highest BCUT2D eigenvalue weighted by atomic mass is 19.4. The Morgan fingerprint density at radius 1 is 1.29 bits per heavy atom. The number of amides is 1. The van der Waals surface area contributed by atoms with E-state index < -0.39 is 17.6 Å². The van der Waals surface area contributed by atoms with Gasteiger partial charge in [-0.15, -0.1) is 0 Å². The summed E-state index contributed by atoms with van der Waals surface area (Å²) in [7, 11) is 2.81. The summed E-state index contributed by atoms with van der Waals surface area (Å²) in [6, 6.07) is 2.15. The van der Waals surface area contributed by atoms with Crippen molar-refractivity contribution in [2.45, 2.75) is 25.9 Å². The number of nitrogens with zero attached hydrogens (tertiary/aromatic N) is 4. The lowest BCUT2D eigenvalue weighted by Crippen LogP contribution is -2.26. The predicted molar refractivity (Wildman–Crippen MR) is 79.6 cm³/mol. The number of hydrogen-bond acceptors (Lipinski definition) is 4. The lowest BCUT2D eigenvalue weighted by atomic mass is 10.1. The van der Waals surface area contributed by atoms with Gasteiger partial charge < -0.3 is 0 Å². The molecule has 2 aromatic heterocycles. The van der Waals surface area contributed by atoms with Crippen LogP contribution in [-0.2, 0) is 11.0 Å². The van der Waals surface area contributed by atoms with Crippen LogP contribution in [0.25, 0.3) is 5.82 Å². The van der Waals surface area contributed by atoms with Gasteiger partial charge in [0.15, 0.2) is 5.82 Å². The van der Waals surface area contributed by atoms with Gasteiger partial charge in [0.2, 0.25) is 0 Å². The van der Waals surface area contributed by atoms with Crippen LogP contribution in [-0.4, -0.2) is 39.9 Å². The normalized spacial score (nSPS) is 11.8. The van der Waals surface area contributed by atoms with Crippen molar-refractivity contribution < 1.29 is 22.8 Å². The van der Waals surface area contributed by atoms with Gasteiger partial charge in [-0.3, -0.25) is 9.63 Å². The Kier molecular flexibility index (Phi) is 4.93. The lowest BCUT2D eigenvalue weighted by molar-refractivity contribution is -0.137. The summed E-state index contributed by atoms with van der Waals surface area (Å²) in [5.74, 6) is -0.314. The Hall–Kier alpha value is -2.42. The van der Waals surface area contributed by atoms with Crippen LogP contribution in [0.15, 0.2) is 24.5 Å². The first-order valence-electron chi connectivity index (χ1n) is 7.10. The van der Waals surface area contributed by atoms with E-state index in [9.17, 15) is 18.0 Å². The molecule has 0 aliphatic carbocycles. The molecule has 1 amide bonds. The van der Waals surface area contributed by atoms with Crippen LogP contribution >= 0.6 is 0 Å². The molecule has 0 aliphatic heterocycles. The van der Waals surface area contributed by atoms with E-state index in [2.05, 4.69) is 10.1 Å². The second kappa shape index (κ2) is 6.60. The first-order valence-corrected chi connectivity index (χ1v) is 7.10. The Balaban J connectivity index is 2.48. The molecule has 0 radical (unpaired) electrons. The van der Waals surface area contributed by atoms with E-state index in [0.717, 1.165) is 17.3 Å². The second-order valence-corrected chi connectivity index (χ2v) is 5.40. The Morgan fingerprint density at radius 3 is 2.42 bits per heavy atom. The average Bonchev–Trinajstić information content (AvgIpc) is 2.97. The van der Waals surface area contributed by atoms with Crippen LogP contribution < -0.4 is 0 Å². The van der Waals surface area contributed by atoms with Crippen molar-refractivity contribution in [3.8, 4) is 5.82 Å². The first kappa shape index (κ1) is 17.9. The van der Waals surface area contributed by atoms with Crippen molar-refractivity contribution in [3.05, 3.63) is 41.3 Å². The predicted octanol–water partition coefficient (Wildman–Crippen LogP) is 3.04. The first-order chi connectivity index (χ1) is 11.2. The smallest absolute Gasteiger partial charge is 0.274 e. The molecular formula is C15H17F3N4O2. The summed E-state index contributed by atoms with van der Waals surface area (Å²) < 4.78 is 39.3. The fourth-order valence-corrected chi connectivity index (χ4v) is 2.19. The summed E-state index contributed by atoms with van der Waals surface area (Å²) >= 11 is 0. The molecule has 6 nitrogen and oxygen atoms in total. The minimum Gasteiger partial charge on any atom is -0.274 e. The van der Waals surface area contributed by atoms with Crippen LogP contribution in [0.4, 0.5) is 13.2 Å². The van der Waals surface area contributed by atoms with Gasteiger partial charge in [0.05, 0.1) is 30.1 Å². The molecule has 0 saturated carbocycles. The van der Waals surface area contributed by atoms with Crippen molar-refractivity contribution in [3.63, 3.8) is 0 Å². The zero-order chi connectivity index (χ0) is 18.1. The molecule has 2 aromatic rings. The molecule has 130 valence electrons. The number of alkyl halides is 3. The van der Waals surface area contributed by atoms with Crippen LogP contribution in [0, 0.1) is 0 Å². The van der Waals surface area contributed by atoms with Gasteiger partial charge in [0.25, 0.3) is 5.91 Å². The minimum absolute atomic E-state index is 0.110. The number of hydroxylamine groups is 2. The molecule has 0 saturated heterocycles. The van der Waals surface area contributed by atoms with Gasteiger partial charge in [0, 0.05) is 13.2 Å². The van der Waals surface area contributed by atoms with Crippen LogP contribution in [0.5, 0.6) is 0 Å². The molecular weight excluding hydrogens is 325 g/mol. The largest absolute Gasteiger partial charge is 0.417 e. The van der Waals surface area contributed by atoms with Crippen LogP contribution in [0.3, 0.4) is 0 Å². The molecule has 2 heterocycles. The monoisotopic (exact) mass is 342 g/mol. The molecule has 0 unspecified atom stereocenters. The quantitative estimate of drug-likeness (QED) is 0.802. The van der Waals surface area contributed by atoms with Crippen molar-refractivity contribution in [1.29, 1.82) is 0 Å². The minimum atomic E-state index is -4.46. The number of hydrogen-bond donors (Lipinski definition) is 0. The van der Waals surface area contributed by atoms with Gasteiger partial charge in [-0.25, -0.2) is 14.7 Å². The van der Waals surface area contributed by atoms with Crippen molar-refractivity contribution in [1.82, 2.24) is 19.8 Å². The van der Waals surface area contributed by atoms with Crippen molar-refractivity contribution in [2.75, 3.05) is 14.2 Å². The highest BCUT2D eigenvalue weighted by molar-refractivity contribution is 5.94. The maximum absolute atomic E-state index is 12.6. The summed E-state index contributed by atoms with van der Waals surface area (Å²) in [4.78, 5) is 21.0. The van der Waals surface area contributed by atoms with Crippen molar-refractivity contribution >= 4 is 5.91 Å². The molecule has 0 bridgehead atoms. The SMILES string of the molecule is CON(C)C(=O)c1cnn(-c2ccc(C(F)(F)F)cn2)c1C(C)C. The van der Waals surface area contributed by atoms with E-state index in [4.69, 9.17) is 4.84 Å². The molecule has 0 fully saturated rings. The van der Waals surface area contributed by atoms with Gasteiger partial charge in [0.1, 0.15) is 0 Å². The number of pyridine rings is 1. The lowest BCUT2D eigenvalue weighted by Gasteiger charge is -2.16. The number of aromatic nitrogens is 3. The van der Waals surface area contributed by atoms with E-state index in [0.29, 0.717) is 11.3 Å². The molecule has 24 heavy (non-hydrogen) atoms. The van der Waals surface area contributed by atoms with Gasteiger partial charge >= 0.3 is 6.18 Å². The van der Waals surface area contributed by atoms with E-state index >= 15 is 0 Å². The molecule has 0 N–H and O–H groups in total. The maximum Gasteiger partial charge on any atom is 0.417 e. The van der Waals surface area contributed by atoms with Gasteiger partial charge in [-0.2, -0.15) is 18.3 Å². The van der Waals surface area contributed by atoms with E-state index in [1.807, 2.05) is 13.8 Å². The third-order valence-corrected chi connectivity index (χ3v) is 3.44. The van der Waals surface area contributed by atoms with Gasteiger partial charge in [-0.1, -0.05) is 13.8 Å². The average molecular weight is 342 g/mol. The molecule has 9 heteroatoms. The third kappa shape index (κ3) is 3.40. The summed E-state index contributed by atoms with van der Waals surface area (Å²) in [5, 5.41) is 5.16. The Morgan fingerprint density at radius 2 is 1.96 bits per heavy atom. The molecule has 0 aromatic carbocycles. The fraction of sp³-hybridized carbons (Fsp3) is 0.400. The molecule has 0 spiro atoms. The number of carbonyl (C=O) groups excluding carboxylic acids is 1. The van der Waals surface area contributed by atoms with Crippen molar-refractivity contribution in [2.24, 2.45) is 0 Å². The van der Waals surface area contributed by atoms with Crippen LogP contribution in [0.1, 0.15) is 41.4 Å². The molecule has 2 rings (SSSR count). The summed E-state index contributed by atoms with van der Waals surface area (Å²) in [6.45, 7) is 3.70. The zero-order valence-electron chi connectivity index (χ0n) is 13.6. The maximum atomic E-state index is 12.6. The highest BCUT2D eigenvalue weighted by Gasteiger charge is 2.31. The van der Waals surface area contributed by atoms with Crippen LogP contribution in [0.2, 0.25) is 0 Å². The topological polar surface area (TPSA) is 60.2 Å². The molecule has 0 atom stereocenters. The van der Waals surface area contributed by atoms with E-state index in [1.54, 1.807) is 0 Å². The summed E-state index contributed by atoms with van der Waals surface area (Å²) in [6.07, 6.45) is -2.37. The van der Waals surface area contributed by atoms with E-state index in [-0.39, 0.29) is 11.7 Å². The number of halogens is 3. The fourth-order valence-electron chi connectivity index (χ4n) is 2.19. The standard InChI is InChI=1S/C15H17F3N4O2/c1-9(2)13-11(14(23)21(3)24-4)8-20-22(13)12-6-5-10(7-19-12)15(16,17)18/h5-9H,1-4H3. The molecule has 0 aliphatic rings. The highest BCUT2D eigenvalue weighted by Crippen LogP contribution is 2.29.